The highest BCUT2D eigenvalue weighted by molar-refractivity contribution is 5.83. The van der Waals surface area contributed by atoms with Crippen LogP contribution in [0.1, 0.15) is 66.7 Å². The number of amides is 1. The van der Waals surface area contributed by atoms with Crippen molar-refractivity contribution in [2.45, 2.75) is 78.4 Å². The third-order valence-electron chi connectivity index (χ3n) is 3.63. The van der Waals surface area contributed by atoms with Gasteiger partial charge in [0.05, 0.1) is 18.3 Å². The molecule has 140 valence electrons. The zero-order valence-corrected chi connectivity index (χ0v) is 15.8. The standard InChI is InChI=1S/C18H33NO5/c1-14(20)6-8-16(3)23-12-10-18(4,5)24-13-11-19-17(22)9-7-15(2)21/h16H,6-13H2,1-5H3,(H,19,22). The SMILES string of the molecule is CC(=O)CCC(=O)NCCOC(C)(C)CCOC(C)CCC(C)=O. The summed E-state index contributed by atoms with van der Waals surface area (Å²) >= 11 is 0. The lowest BCUT2D eigenvalue weighted by atomic mass is 10.1. The van der Waals surface area contributed by atoms with Crippen molar-refractivity contribution in [3.63, 3.8) is 0 Å². The largest absolute Gasteiger partial charge is 0.378 e. The molecule has 0 aromatic rings. The molecule has 24 heavy (non-hydrogen) atoms. The fraction of sp³-hybridized carbons (Fsp3) is 0.833. The first kappa shape index (κ1) is 22.7. The number of carbonyl (C=O) groups is 3. The predicted molar refractivity (Wildman–Crippen MR) is 92.9 cm³/mol. The topological polar surface area (TPSA) is 81.7 Å². The lowest BCUT2D eigenvalue weighted by molar-refractivity contribution is -0.125. The molecule has 0 aliphatic carbocycles. The molecule has 0 heterocycles. The van der Waals surface area contributed by atoms with Gasteiger partial charge < -0.3 is 24.4 Å². The van der Waals surface area contributed by atoms with Gasteiger partial charge in [-0.25, -0.2) is 0 Å². The first-order valence-corrected chi connectivity index (χ1v) is 8.63. The van der Waals surface area contributed by atoms with Crippen LogP contribution in [0.3, 0.4) is 0 Å². The van der Waals surface area contributed by atoms with Crippen LogP contribution in [-0.4, -0.2) is 48.9 Å². The summed E-state index contributed by atoms with van der Waals surface area (Å²) in [4.78, 5) is 33.2. The van der Waals surface area contributed by atoms with Gasteiger partial charge in [-0.1, -0.05) is 0 Å². The van der Waals surface area contributed by atoms with Gasteiger partial charge in [-0.3, -0.25) is 4.79 Å². The van der Waals surface area contributed by atoms with Crippen molar-refractivity contribution in [1.29, 1.82) is 0 Å². The Bertz CT molecular complexity index is 406. The Morgan fingerprint density at radius 1 is 1.00 bits per heavy atom. The Morgan fingerprint density at radius 3 is 2.21 bits per heavy atom. The van der Waals surface area contributed by atoms with E-state index in [4.69, 9.17) is 9.47 Å². The van der Waals surface area contributed by atoms with Crippen LogP contribution >= 0.6 is 0 Å². The van der Waals surface area contributed by atoms with Gasteiger partial charge >= 0.3 is 0 Å². The van der Waals surface area contributed by atoms with Gasteiger partial charge in [-0.05, 0) is 47.5 Å². The minimum atomic E-state index is -0.343. The maximum Gasteiger partial charge on any atom is 0.220 e. The van der Waals surface area contributed by atoms with Crippen LogP contribution in [0.5, 0.6) is 0 Å². The van der Waals surface area contributed by atoms with E-state index in [-0.39, 0.29) is 42.0 Å². The van der Waals surface area contributed by atoms with Gasteiger partial charge in [0.25, 0.3) is 0 Å². The second kappa shape index (κ2) is 12.1. The molecule has 1 N–H and O–H groups in total. The number of ether oxygens (including phenoxy) is 2. The van der Waals surface area contributed by atoms with Gasteiger partial charge in [-0.15, -0.1) is 0 Å². The molecule has 1 amide bonds. The first-order valence-electron chi connectivity index (χ1n) is 8.63. The second-order valence-electron chi connectivity index (χ2n) is 6.83. The van der Waals surface area contributed by atoms with Crippen LogP contribution in [0.2, 0.25) is 0 Å². The molecule has 6 nitrogen and oxygen atoms in total. The molecule has 0 aliphatic heterocycles. The number of hydrogen-bond acceptors (Lipinski definition) is 5. The van der Waals surface area contributed by atoms with E-state index in [0.29, 0.717) is 26.2 Å². The number of Topliss-reactive ketones (excluding diaryl/α,β-unsaturated/α-hetero) is 2. The van der Waals surface area contributed by atoms with Crippen molar-refractivity contribution < 1.29 is 23.9 Å². The average molecular weight is 343 g/mol. The molecule has 1 atom stereocenters. The monoisotopic (exact) mass is 343 g/mol. The molecule has 0 fully saturated rings. The van der Waals surface area contributed by atoms with Crippen LogP contribution < -0.4 is 5.32 Å². The van der Waals surface area contributed by atoms with Crippen molar-refractivity contribution in [2.24, 2.45) is 0 Å². The smallest absolute Gasteiger partial charge is 0.220 e. The highest BCUT2D eigenvalue weighted by atomic mass is 16.5. The Kier molecular flexibility index (Phi) is 11.5. The van der Waals surface area contributed by atoms with Crippen LogP contribution in [0.15, 0.2) is 0 Å². The van der Waals surface area contributed by atoms with Crippen molar-refractivity contribution in [2.75, 3.05) is 19.8 Å². The number of ketones is 2. The Hall–Kier alpha value is -1.27. The van der Waals surface area contributed by atoms with Crippen molar-refractivity contribution in [1.82, 2.24) is 5.32 Å². The zero-order chi connectivity index (χ0) is 18.6. The van der Waals surface area contributed by atoms with E-state index in [2.05, 4.69) is 5.32 Å². The Morgan fingerprint density at radius 2 is 1.62 bits per heavy atom. The minimum Gasteiger partial charge on any atom is -0.378 e. The highest BCUT2D eigenvalue weighted by Gasteiger charge is 2.18. The molecule has 0 spiro atoms. The fourth-order valence-corrected chi connectivity index (χ4v) is 1.96. The normalized spacial score (nSPS) is 12.7. The molecular weight excluding hydrogens is 310 g/mol. The van der Waals surface area contributed by atoms with Crippen LogP contribution in [0, 0.1) is 0 Å². The number of nitrogens with one attached hydrogen (secondary N) is 1. The first-order chi connectivity index (χ1) is 11.1. The van der Waals surface area contributed by atoms with Gasteiger partial charge in [0.15, 0.2) is 0 Å². The summed E-state index contributed by atoms with van der Waals surface area (Å²) in [5.74, 6) is 0.0637. The lowest BCUT2D eigenvalue weighted by Crippen LogP contribution is -2.33. The molecule has 0 aromatic heterocycles. The second-order valence-corrected chi connectivity index (χ2v) is 6.83. The third kappa shape index (κ3) is 14.3. The Balaban J connectivity index is 3.76. The molecule has 0 aliphatic rings. The summed E-state index contributed by atoms with van der Waals surface area (Å²) in [6.07, 6.45) is 2.58. The van der Waals surface area contributed by atoms with E-state index in [0.717, 1.165) is 12.8 Å². The fourth-order valence-electron chi connectivity index (χ4n) is 1.96. The van der Waals surface area contributed by atoms with E-state index >= 15 is 0 Å². The van der Waals surface area contributed by atoms with Crippen molar-refractivity contribution in [3.05, 3.63) is 0 Å². The summed E-state index contributed by atoms with van der Waals surface area (Å²) in [5.41, 5.74) is -0.343. The quantitative estimate of drug-likeness (QED) is 0.490. The number of rotatable bonds is 14. The highest BCUT2D eigenvalue weighted by Crippen LogP contribution is 2.15. The maximum absolute atomic E-state index is 11.5. The summed E-state index contributed by atoms with van der Waals surface area (Å²) in [6.45, 7) is 10.4. The summed E-state index contributed by atoms with van der Waals surface area (Å²) in [5, 5.41) is 2.73. The average Bonchev–Trinajstić information content (AvgIpc) is 2.47. The van der Waals surface area contributed by atoms with Crippen molar-refractivity contribution >= 4 is 17.5 Å². The predicted octanol–water partition coefficient (Wildman–Crippen LogP) is 2.43. The van der Waals surface area contributed by atoms with Gasteiger partial charge in [0.1, 0.15) is 11.6 Å². The van der Waals surface area contributed by atoms with E-state index < -0.39 is 0 Å². The van der Waals surface area contributed by atoms with Gasteiger partial charge in [0, 0.05) is 32.4 Å². The minimum absolute atomic E-state index is 0.0139. The zero-order valence-electron chi connectivity index (χ0n) is 15.8. The van der Waals surface area contributed by atoms with E-state index in [1.165, 1.54) is 6.92 Å². The van der Waals surface area contributed by atoms with E-state index in [1.54, 1.807) is 6.92 Å². The van der Waals surface area contributed by atoms with Crippen LogP contribution in [-0.2, 0) is 23.9 Å². The molecule has 0 rings (SSSR count). The molecular formula is C18H33NO5. The van der Waals surface area contributed by atoms with Crippen molar-refractivity contribution in [3.8, 4) is 0 Å². The van der Waals surface area contributed by atoms with Crippen LogP contribution in [0.4, 0.5) is 0 Å². The van der Waals surface area contributed by atoms with Crippen LogP contribution in [0.25, 0.3) is 0 Å². The molecule has 6 heteroatoms. The molecule has 0 saturated heterocycles. The Labute approximate surface area is 145 Å². The van der Waals surface area contributed by atoms with E-state index in [1.807, 2.05) is 20.8 Å². The van der Waals surface area contributed by atoms with E-state index in [9.17, 15) is 14.4 Å². The third-order valence-corrected chi connectivity index (χ3v) is 3.63. The molecule has 0 aromatic carbocycles. The number of carbonyl (C=O) groups excluding carboxylic acids is 3. The molecule has 0 bridgehead atoms. The number of hydrogen-bond donors (Lipinski definition) is 1. The summed E-state index contributed by atoms with van der Waals surface area (Å²) in [7, 11) is 0. The molecule has 0 radical (unpaired) electrons. The van der Waals surface area contributed by atoms with Gasteiger partial charge in [0.2, 0.25) is 5.91 Å². The maximum atomic E-state index is 11.5. The summed E-state index contributed by atoms with van der Waals surface area (Å²) in [6, 6.07) is 0. The lowest BCUT2D eigenvalue weighted by Gasteiger charge is -2.26. The summed E-state index contributed by atoms with van der Waals surface area (Å²) < 4.78 is 11.5. The molecule has 0 saturated carbocycles. The van der Waals surface area contributed by atoms with Gasteiger partial charge in [-0.2, -0.15) is 0 Å². The molecule has 1 unspecified atom stereocenters.